The Morgan fingerprint density at radius 1 is 0.941 bits per heavy atom. The minimum atomic E-state index is 0.848. The molecule has 1 aromatic carbocycles. The number of aryl methyl sites for hydroxylation is 3. The third-order valence-corrected chi connectivity index (χ3v) is 3.07. The lowest BCUT2D eigenvalue weighted by atomic mass is 10.1. The van der Waals surface area contributed by atoms with Gasteiger partial charge in [-0.3, -0.25) is 0 Å². The molecule has 0 bridgehead atoms. The van der Waals surface area contributed by atoms with Crippen molar-refractivity contribution in [2.45, 2.75) is 20.8 Å². The van der Waals surface area contributed by atoms with Crippen LogP contribution >= 0.6 is 15.9 Å². The van der Waals surface area contributed by atoms with Gasteiger partial charge in [-0.05, 0) is 71.6 Å². The number of nitrogens with one attached hydrogen (secondary N) is 1. The summed E-state index contributed by atoms with van der Waals surface area (Å²) in [6, 6.07) is 8.43. The molecule has 0 aliphatic heterocycles. The van der Waals surface area contributed by atoms with E-state index in [0.717, 1.165) is 21.5 Å². The van der Waals surface area contributed by atoms with Crippen LogP contribution in [0.1, 0.15) is 16.7 Å². The van der Waals surface area contributed by atoms with Crippen molar-refractivity contribution in [3.05, 3.63) is 51.6 Å². The average Bonchev–Trinajstić information content (AvgIpc) is 2.21. The molecule has 1 heterocycles. The van der Waals surface area contributed by atoms with E-state index in [9.17, 15) is 0 Å². The third kappa shape index (κ3) is 3.07. The third-order valence-electron chi connectivity index (χ3n) is 2.46. The number of benzene rings is 1. The number of rotatable bonds is 2. The summed E-state index contributed by atoms with van der Waals surface area (Å²) in [5.41, 5.74) is 4.70. The molecule has 0 spiro atoms. The highest BCUT2D eigenvalue weighted by Crippen LogP contribution is 2.25. The highest BCUT2D eigenvalue weighted by atomic mass is 79.9. The van der Waals surface area contributed by atoms with E-state index >= 15 is 0 Å². The summed E-state index contributed by atoms with van der Waals surface area (Å²) in [5.74, 6) is 0.848. The molecule has 88 valence electrons. The van der Waals surface area contributed by atoms with Crippen LogP contribution in [0.25, 0.3) is 0 Å². The van der Waals surface area contributed by atoms with Gasteiger partial charge in [0.1, 0.15) is 5.82 Å². The number of halogens is 1. The zero-order valence-corrected chi connectivity index (χ0v) is 11.8. The molecule has 17 heavy (non-hydrogen) atoms. The van der Waals surface area contributed by atoms with Crippen molar-refractivity contribution in [2.75, 3.05) is 5.32 Å². The molecule has 2 nitrogen and oxygen atoms in total. The van der Waals surface area contributed by atoms with Gasteiger partial charge in [-0.2, -0.15) is 0 Å². The van der Waals surface area contributed by atoms with Gasteiger partial charge in [0.25, 0.3) is 0 Å². The second-order valence-electron chi connectivity index (χ2n) is 4.34. The molecular formula is C14H15BrN2. The van der Waals surface area contributed by atoms with Crippen LogP contribution in [-0.4, -0.2) is 4.98 Å². The summed E-state index contributed by atoms with van der Waals surface area (Å²) in [5, 5.41) is 3.32. The number of anilines is 2. The summed E-state index contributed by atoms with van der Waals surface area (Å²) in [6.45, 7) is 6.21. The highest BCUT2D eigenvalue weighted by Gasteiger charge is 2.03. The first kappa shape index (κ1) is 12.1. The number of aromatic nitrogens is 1. The predicted molar refractivity (Wildman–Crippen MR) is 75.9 cm³/mol. The van der Waals surface area contributed by atoms with E-state index in [1.54, 1.807) is 0 Å². The molecule has 0 saturated carbocycles. The molecular weight excluding hydrogens is 276 g/mol. The maximum absolute atomic E-state index is 4.37. The fourth-order valence-corrected chi connectivity index (χ4v) is 2.37. The Kier molecular flexibility index (Phi) is 3.48. The molecule has 2 rings (SSSR count). The van der Waals surface area contributed by atoms with Crippen molar-refractivity contribution in [3.8, 4) is 0 Å². The number of nitrogens with zero attached hydrogens (tertiary/aromatic N) is 1. The molecule has 3 heteroatoms. The molecule has 0 amide bonds. The molecule has 0 saturated heterocycles. The second kappa shape index (κ2) is 4.88. The van der Waals surface area contributed by atoms with E-state index in [4.69, 9.17) is 0 Å². The first-order valence-corrected chi connectivity index (χ1v) is 6.31. The highest BCUT2D eigenvalue weighted by molar-refractivity contribution is 9.10. The first-order valence-electron chi connectivity index (χ1n) is 5.52. The molecule has 0 atom stereocenters. The van der Waals surface area contributed by atoms with E-state index in [0.29, 0.717) is 0 Å². The SMILES string of the molecule is Cc1cc(C)cc(Nc2ncc(C)cc2Br)c1. The molecule has 2 aromatic rings. The zero-order chi connectivity index (χ0) is 12.4. The molecule has 0 radical (unpaired) electrons. The summed E-state index contributed by atoms with van der Waals surface area (Å²) in [6.07, 6.45) is 1.86. The van der Waals surface area contributed by atoms with Crippen molar-refractivity contribution in [2.24, 2.45) is 0 Å². The van der Waals surface area contributed by atoms with Crippen molar-refractivity contribution in [1.82, 2.24) is 4.98 Å². The van der Waals surface area contributed by atoms with Gasteiger partial charge in [0.05, 0.1) is 4.47 Å². The van der Waals surface area contributed by atoms with Gasteiger partial charge < -0.3 is 5.32 Å². The van der Waals surface area contributed by atoms with Gasteiger partial charge in [-0.15, -0.1) is 0 Å². The average molecular weight is 291 g/mol. The lowest BCUT2D eigenvalue weighted by Gasteiger charge is -2.09. The zero-order valence-electron chi connectivity index (χ0n) is 10.2. The molecule has 0 aliphatic carbocycles. The van der Waals surface area contributed by atoms with Crippen molar-refractivity contribution in [1.29, 1.82) is 0 Å². The van der Waals surface area contributed by atoms with E-state index < -0.39 is 0 Å². The molecule has 1 aromatic heterocycles. The van der Waals surface area contributed by atoms with Crippen LogP contribution in [0.5, 0.6) is 0 Å². The smallest absolute Gasteiger partial charge is 0.144 e. The van der Waals surface area contributed by atoms with Crippen LogP contribution < -0.4 is 5.32 Å². The Labute approximate surface area is 110 Å². The van der Waals surface area contributed by atoms with Gasteiger partial charge in [-0.1, -0.05) is 6.07 Å². The Bertz CT molecular complexity index is 530. The monoisotopic (exact) mass is 290 g/mol. The van der Waals surface area contributed by atoms with Gasteiger partial charge in [0, 0.05) is 11.9 Å². The van der Waals surface area contributed by atoms with Crippen LogP contribution in [0, 0.1) is 20.8 Å². The quantitative estimate of drug-likeness (QED) is 0.880. The van der Waals surface area contributed by atoms with E-state index in [1.165, 1.54) is 11.1 Å². The van der Waals surface area contributed by atoms with Gasteiger partial charge in [0.2, 0.25) is 0 Å². The fourth-order valence-electron chi connectivity index (χ4n) is 1.81. The van der Waals surface area contributed by atoms with Crippen molar-refractivity contribution >= 4 is 27.4 Å². The Morgan fingerprint density at radius 3 is 2.18 bits per heavy atom. The van der Waals surface area contributed by atoms with Crippen LogP contribution in [0.3, 0.4) is 0 Å². The molecule has 0 unspecified atom stereocenters. The van der Waals surface area contributed by atoms with Crippen molar-refractivity contribution in [3.63, 3.8) is 0 Å². The van der Waals surface area contributed by atoms with Crippen LogP contribution in [0.4, 0.5) is 11.5 Å². The second-order valence-corrected chi connectivity index (χ2v) is 5.20. The topological polar surface area (TPSA) is 24.9 Å². The van der Waals surface area contributed by atoms with Gasteiger partial charge >= 0.3 is 0 Å². The lowest BCUT2D eigenvalue weighted by Crippen LogP contribution is -1.96. The first-order chi connectivity index (χ1) is 8.04. The van der Waals surface area contributed by atoms with Crippen LogP contribution in [0.2, 0.25) is 0 Å². The maximum Gasteiger partial charge on any atom is 0.144 e. The predicted octanol–water partition coefficient (Wildman–Crippen LogP) is 4.51. The Balaban J connectivity index is 2.31. The lowest BCUT2D eigenvalue weighted by molar-refractivity contribution is 1.24. The summed E-state index contributed by atoms with van der Waals surface area (Å²) in [7, 11) is 0. The van der Waals surface area contributed by atoms with Gasteiger partial charge in [0.15, 0.2) is 0 Å². The normalized spacial score (nSPS) is 10.4. The largest absolute Gasteiger partial charge is 0.339 e. The number of hydrogen-bond acceptors (Lipinski definition) is 2. The minimum absolute atomic E-state index is 0.848. The van der Waals surface area contributed by atoms with E-state index in [-0.39, 0.29) is 0 Å². The summed E-state index contributed by atoms with van der Waals surface area (Å²) in [4.78, 5) is 4.37. The van der Waals surface area contributed by atoms with E-state index in [2.05, 4.69) is 64.3 Å². The Hall–Kier alpha value is -1.35. The number of pyridine rings is 1. The standard InChI is InChI=1S/C14H15BrN2/c1-9-4-10(2)6-12(5-9)17-14-13(15)7-11(3)8-16-14/h4-8H,1-3H3,(H,16,17). The van der Waals surface area contributed by atoms with Crippen LogP contribution in [-0.2, 0) is 0 Å². The molecule has 0 aliphatic rings. The Morgan fingerprint density at radius 2 is 1.59 bits per heavy atom. The maximum atomic E-state index is 4.37. The molecule has 0 fully saturated rings. The van der Waals surface area contributed by atoms with Crippen LogP contribution in [0.15, 0.2) is 34.9 Å². The van der Waals surface area contributed by atoms with E-state index in [1.807, 2.05) is 13.1 Å². The number of hydrogen-bond donors (Lipinski definition) is 1. The van der Waals surface area contributed by atoms with Gasteiger partial charge in [-0.25, -0.2) is 4.98 Å². The minimum Gasteiger partial charge on any atom is -0.339 e. The molecule has 1 N–H and O–H groups in total. The summed E-state index contributed by atoms with van der Waals surface area (Å²) >= 11 is 3.52. The fraction of sp³-hybridized carbons (Fsp3) is 0.214. The van der Waals surface area contributed by atoms with Crippen molar-refractivity contribution < 1.29 is 0 Å². The summed E-state index contributed by atoms with van der Waals surface area (Å²) < 4.78 is 0.983.